The minimum Gasteiger partial charge on any atom is -0.497 e. The highest BCUT2D eigenvalue weighted by Gasteiger charge is 2.54. The third-order valence-corrected chi connectivity index (χ3v) is 8.04. The second-order valence-corrected chi connectivity index (χ2v) is 10.7. The summed E-state index contributed by atoms with van der Waals surface area (Å²) < 4.78 is 7.67. The molecule has 1 aromatic carbocycles. The molecule has 1 saturated heterocycles. The van der Waals surface area contributed by atoms with Crippen LogP contribution >= 0.6 is 0 Å². The predicted molar refractivity (Wildman–Crippen MR) is 130 cm³/mol. The first-order chi connectivity index (χ1) is 15.9. The molecule has 3 aliphatic rings. The quantitative estimate of drug-likeness (QED) is 0.727. The standard InChI is InChI=1S/C26H38N4O3/c1-17(2)27-25(32)30-16-26(14-29(15-26)12-18-7-5-6-8-18)23-20-10-9-19(33-4)11-21(20)28(3)24(23)22(30)13-31/h9-11,17-18,22,31H,5-8,12-16H2,1-4H3,(H,27,32)/t22-/m1/s1. The number of aliphatic hydroxyl groups is 1. The first kappa shape index (κ1) is 22.5. The highest BCUT2D eigenvalue weighted by molar-refractivity contribution is 5.90. The largest absolute Gasteiger partial charge is 0.497 e. The molecule has 1 saturated carbocycles. The van der Waals surface area contributed by atoms with Gasteiger partial charge in [0.2, 0.25) is 0 Å². The van der Waals surface area contributed by atoms with E-state index in [1.54, 1.807) is 7.11 Å². The van der Waals surface area contributed by atoms with Crippen molar-refractivity contribution in [2.45, 2.75) is 57.0 Å². The number of ether oxygens (including phenoxy) is 1. The van der Waals surface area contributed by atoms with E-state index >= 15 is 0 Å². The average molecular weight is 455 g/mol. The van der Waals surface area contributed by atoms with E-state index in [1.807, 2.05) is 24.8 Å². The number of carbonyl (C=O) groups is 1. The molecule has 7 nitrogen and oxygen atoms in total. The van der Waals surface area contributed by atoms with Crippen LogP contribution in [0.2, 0.25) is 0 Å². The zero-order valence-corrected chi connectivity index (χ0v) is 20.4. The highest BCUT2D eigenvalue weighted by atomic mass is 16.5. The summed E-state index contributed by atoms with van der Waals surface area (Å²) >= 11 is 0. The van der Waals surface area contributed by atoms with Gasteiger partial charge in [-0.2, -0.15) is 0 Å². The molecule has 33 heavy (non-hydrogen) atoms. The normalized spacial score (nSPS) is 22.7. The minimum absolute atomic E-state index is 0.0474. The van der Waals surface area contributed by atoms with Crippen molar-refractivity contribution >= 4 is 16.9 Å². The Hall–Kier alpha value is -2.25. The zero-order chi connectivity index (χ0) is 23.3. The van der Waals surface area contributed by atoms with Crippen LogP contribution in [0.25, 0.3) is 10.9 Å². The Balaban J connectivity index is 1.57. The maximum absolute atomic E-state index is 13.3. The average Bonchev–Trinajstić information content (AvgIpc) is 3.38. The van der Waals surface area contributed by atoms with E-state index < -0.39 is 0 Å². The molecule has 2 aliphatic heterocycles. The lowest BCUT2D eigenvalue weighted by Gasteiger charge is -2.57. The second-order valence-electron chi connectivity index (χ2n) is 10.7. The summed E-state index contributed by atoms with van der Waals surface area (Å²) in [5.74, 6) is 1.63. The summed E-state index contributed by atoms with van der Waals surface area (Å²) in [7, 11) is 3.74. The lowest BCUT2D eigenvalue weighted by atomic mass is 9.68. The van der Waals surface area contributed by atoms with Crippen LogP contribution in [0.15, 0.2) is 18.2 Å². The van der Waals surface area contributed by atoms with E-state index in [2.05, 4.69) is 34.0 Å². The Morgan fingerprint density at radius 2 is 1.97 bits per heavy atom. The molecule has 0 unspecified atom stereocenters. The molecule has 2 N–H and O–H groups in total. The zero-order valence-electron chi connectivity index (χ0n) is 20.4. The van der Waals surface area contributed by atoms with Gasteiger partial charge in [0.25, 0.3) is 0 Å². The number of aromatic nitrogens is 1. The number of nitrogens with zero attached hydrogens (tertiary/aromatic N) is 3. The maximum atomic E-state index is 13.3. The lowest BCUT2D eigenvalue weighted by molar-refractivity contribution is 0.00223. The van der Waals surface area contributed by atoms with Crippen molar-refractivity contribution in [2.24, 2.45) is 13.0 Å². The summed E-state index contributed by atoms with van der Waals surface area (Å²) in [6.45, 7) is 7.59. The van der Waals surface area contributed by atoms with Crippen molar-refractivity contribution in [3.63, 3.8) is 0 Å². The van der Waals surface area contributed by atoms with Crippen LogP contribution in [0.1, 0.15) is 56.8 Å². The van der Waals surface area contributed by atoms with Gasteiger partial charge in [-0.25, -0.2) is 4.79 Å². The molecular weight excluding hydrogens is 416 g/mol. The summed E-state index contributed by atoms with van der Waals surface area (Å²) in [4.78, 5) is 17.7. The van der Waals surface area contributed by atoms with Crippen molar-refractivity contribution < 1.29 is 14.6 Å². The SMILES string of the molecule is COc1ccc2c3c(n(C)c2c1)[C@@H](CO)N(C(=O)NC(C)C)CC31CN(CC2CCCC2)C1. The number of hydrogen-bond acceptors (Lipinski definition) is 4. The monoisotopic (exact) mass is 454 g/mol. The van der Waals surface area contributed by atoms with Gasteiger partial charge in [0.05, 0.1) is 25.3 Å². The van der Waals surface area contributed by atoms with Crippen molar-refractivity contribution in [1.29, 1.82) is 0 Å². The van der Waals surface area contributed by atoms with Gasteiger partial charge < -0.3 is 29.5 Å². The third-order valence-electron chi connectivity index (χ3n) is 8.04. The Bertz CT molecular complexity index is 1030. The number of rotatable bonds is 5. The molecule has 1 aromatic heterocycles. The van der Waals surface area contributed by atoms with Gasteiger partial charge in [-0.15, -0.1) is 0 Å². The van der Waals surface area contributed by atoms with Gasteiger partial charge >= 0.3 is 6.03 Å². The molecule has 5 rings (SSSR count). The third kappa shape index (κ3) is 3.69. The van der Waals surface area contributed by atoms with Gasteiger partial charge in [0.1, 0.15) is 5.75 Å². The molecule has 1 atom stereocenters. The van der Waals surface area contributed by atoms with E-state index in [4.69, 9.17) is 4.74 Å². The van der Waals surface area contributed by atoms with Crippen molar-refractivity contribution in [3.05, 3.63) is 29.5 Å². The Morgan fingerprint density at radius 3 is 2.61 bits per heavy atom. The van der Waals surface area contributed by atoms with Crippen LogP contribution < -0.4 is 10.1 Å². The number of methoxy groups -OCH3 is 1. The van der Waals surface area contributed by atoms with Crippen molar-refractivity contribution in [1.82, 2.24) is 19.7 Å². The first-order valence-corrected chi connectivity index (χ1v) is 12.4. The van der Waals surface area contributed by atoms with E-state index in [0.717, 1.165) is 42.5 Å². The van der Waals surface area contributed by atoms with Crippen molar-refractivity contribution in [2.75, 3.05) is 39.9 Å². The molecule has 3 heterocycles. The van der Waals surface area contributed by atoms with Crippen LogP contribution in [-0.2, 0) is 12.5 Å². The van der Waals surface area contributed by atoms with Gasteiger partial charge in [-0.05, 0) is 50.3 Å². The number of amides is 2. The molecule has 0 radical (unpaired) electrons. The number of aliphatic hydroxyl groups excluding tert-OH is 1. The highest BCUT2D eigenvalue weighted by Crippen LogP contribution is 2.50. The fourth-order valence-electron chi connectivity index (χ4n) is 6.66. The van der Waals surface area contributed by atoms with Gasteiger partial charge in [-0.3, -0.25) is 0 Å². The Morgan fingerprint density at radius 1 is 1.24 bits per heavy atom. The molecule has 1 spiro atoms. The van der Waals surface area contributed by atoms with Crippen LogP contribution in [0, 0.1) is 5.92 Å². The number of carbonyl (C=O) groups excluding carboxylic acids is 1. The Labute approximate surface area is 196 Å². The van der Waals surface area contributed by atoms with Gasteiger partial charge in [0, 0.05) is 61.8 Å². The van der Waals surface area contributed by atoms with Crippen LogP contribution in [0.4, 0.5) is 4.79 Å². The summed E-state index contributed by atoms with van der Waals surface area (Å²) in [6.07, 6.45) is 5.41. The lowest BCUT2D eigenvalue weighted by Crippen LogP contribution is -2.68. The fourth-order valence-corrected chi connectivity index (χ4v) is 6.66. The van der Waals surface area contributed by atoms with Crippen molar-refractivity contribution in [3.8, 4) is 5.75 Å². The Kier molecular flexibility index (Phi) is 5.81. The van der Waals surface area contributed by atoms with E-state index in [0.29, 0.717) is 6.54 Å². The van der Waals surface area contributed by atoms with Crippen LogP contribution in [-0.4, -0.2) is 71.4 Å². The predicted octanol–water partition coefficient (Wildman–Crippen LogP) is 3.40. The number of hydrogen-bond donors (Lipinski definition) is 2. The van der Waals surface area contributed by atoms with Gasteiger partial charge in [-0.1, -0.05) is 12.8 Å². The number of aryl methyl sites for hydroxylation is 1. The number of urea groups is 1. The summed E-state index contributed by atoms with van der Waals surface area (Å²) in [6, 6.07) is 5.85. The van der Waals surface area contributed by atoms with E-state index in [9.17, 15) is 9.90 Å². The number of fused-ring (bicyclic) bond motifs is 4. The summed E-state index contributed by atoms with van der Waals surface area (Å²) in [5, 5.41) is 14.8. The molecule has 0 bridgehead atoms. The number of benzene rings is 1. The minimum atomic E-state index is -0.364. The second kappa shape index (κ2) is 8.51. The number of likely N-dealkylation sites (tertiary alicyclic amines) is 1. The summed E-state index contributed by atoms with van der Waals surface area (Å²) in [5.41, 5.74) is 3.36. The molecular formula is C26H38N4O3. The van der Waals surface area contributed by atoms with Gasteiger partial charge in [0.15, 0.2) is 0 Å². The first-order valence-electron chi connectivity index (χ1n) is 12.4. The fraction of sp³-hybridized carbons (Fsp3) is 0.654. The molecule has 1 aliphatic carbocycles. The van der Waals surface area contributed by atoms with Crippen LogP contribution in [0.3, 0.4) is 0 Å². The molecule has 7 heteroatoms. The maximum Gasteiger partial charge on any atom is 0.318 e. The topological polar surface area (TPSA) is 70.0 Å². The molecule has 180 valence electrons. The smallest absolute Gasteiger partial charge is 0.318 e. The van der Waals surface area contributed by atoms with Crippen LogP contribution in [0.5, 0.6) is 5.75 Å². The molecule has 2 amide bonds. The molecule has 2 fully saturated rings. The number of nitrogens with one attached hydrogen (secondary N) is 1. The van der Waals surface area contributed by atoms with E-state index in [1.165, 1.54) is 36.6 Å². The molecule has 2 aromatic rings. The van der Waals surface area contributed by atoms with E-state index in [-0.39, 0.29) is 30.1 Å².